The lowest BCUT2D eigenvalue weighted by Gasteiger charge is -2.20. The topological polar surface area (TPSA) is 45.4 Å². The quantitative estimate of drug-likeness (QED) is 0.750. The number of nitrogens with one attached hydrogen (secondary N) is 1. The first-order valence-corrected chi connectivity index (χ1v) is 6.16. The summed E-state index contributed by atoms with van der Waals surface area (Å²) >= 11 is 0. The first kappa shape index (κ1) is 13.3. The molecule has 0 aliphatic heterocycles. The Morgan fingerprint density at radius 1 is 1.38 bits per heavy atom. The van der Waals surface area contributed by atoms with Crippen molar-refractivity contribution in [2.45, 2.75) is 52.1 Å². The molecule has 2 atom stereocenters. The number of aliphatic hydroxyl groups excluding tert-OH is 1. The van der Waals surface area contributed by atoms with Gasteiger partial charge in [-0.05, 0) is 31.9 Å². The van der Waals surface area contributed by atoms with E-state index in [1.165, 1.54) is 0 Å². The van der Waals surface area contributed by atoms with Gasteiger partial charge in [0, 0.05) is 19.1 Å². The number of furan rings is 1. The fraction of sp³-hybridized carbons (Fsp3) is 0.692. The Balaban J connectivity index is 2.52. The molecule has 92 valence electrons. The predicted molar refractivity (Wildman–Crippen MR) is 65.4 cm³/mol. The highest BCUT2D eigenvalue weighted by Gasteiger charge is 2.14. The monoisotopic (exact) mass is 225 g/mol. The molecule has 3 nitrogen and oxygen atoms in total. The SMILES string of the molecule is CCc1ccc(C(C)NC(CC)CCO)o1. The molecule has 0 aliphatic carbocycles. The number of hydrogen-bond acceptors (Lipinski definition) is 3. The summed E-state index contributed by atoms with van der Waals surface area (Å²) in [6.45, 7) is 6.54. The molecular formula is C13H23NO2. The van der Waals surface area contributed by atoms with Crippen molar-refractivity contribution in [3.05, 3.63) is 23.7 Å². The first-order chi connectivity index (χ1) is 7.71. The second-order valence-corrected chi connectivity index (χ2v) is 4.16. The molecule has 3 heteroatoms. The van der Waals surface area contributed by atoms with Gasteiger partial charge in [-0.2, -0.15) is 0 Å². The van der Waals surface area contributed by atoms with Crippen molar-refractivity contribution in [2.75, 3.05) is 6.61 Å². The minimum absolute atomic E-state index is 0.205. The maximum Gasteiger partial charge on any atom is 0.120 e. The summed E-state index contributed by atoms with van der Waals surface area (Å²) in [7, 11) is 0. The Labute approximate surface area is 97.9 Å². The van der Waals surface area contributed by atoms with Crippen LogP contribution < -0.4 is 5.32 Å². The zero-order valence-corrected chi connectivity index (χ0v) is 10.5. The van der Waals surface area contributed by atoms with Crippen LogP contribution in [0.25, 0.3) is 0 Å². The molecule has 2 unspecified atom stereocenters. The molecule has 0 saturated carbocycles. The summed E-state index contributed by atoms with van der Waals surface area (Å²) in [4.78, 5) is 0. The van der Waals surface area contributed by atoms with Gasteiger partial charge in [-0.15, -0.1) is 0 Å². The fourth-order valence-corrected chi connectivity index (χ4v) is 1.81. The van der Waals surface area contributed by atoms with E-state index < -0.39 is 0 Å². The van der Waals surface area contributed by atoms with Crippen molar-refractivity contribution in [1.29, 1.82) is 0 Å². The molecule has 0 bridgehead atoms. The van der Waals surface area contributed by atoms with Crippen LogP contribution in [0.5, 0.6) is 0 Å². The third-order valence-electron chi connectivity index (χ3n) is 2.91. The van der Waals surface area contributed by atoms with Crippen LogP contribution in [0.3, 0.4) is 0 Å². The molecule has 1 rings (SSSR count). The normalized spacial score (nSPS) is 15.0. The third kappa shape index (κ3) is 3.65. The van der Waals surface area contributed by atoms with E-state index in [4.69, 9.17) is 9.52 Å². The molecule has 2 N–H and O–H groups in total. The maximum atomic E-state index is 8.93. The summed E-state index contributed by atoms with van der Waals surface area (Å²) in [5.74, 6) is 2.01. The molecule has 1 aromatic heterocycles. The average molecular weight is 225 g/mol. The van der Waals surface area contributed by atoms with Crippen LogP contribution in [-0.4, -0.2) is 17.8 Å². The molecule has 0 aliphatic rings. The number of aryl methyl sites for hydroxylation is 1. The molecule has 1 heterocycles. The van der Waals surface area contributed by atoms with Crippen LogP contribution in [-0.2, 0) is 6.42 Å². The molecule has 0 saturated heterocycles. The second-order valence-electron chi connectivity index (χ2n) is 4.16. The van der Waals surface area contributed by atoms with E-state index in [-0.39, 0.29) is 12.6 Å². The van der Waals surface area contributed by atoms with Crippen LogP contribution in [0.1, 0.15) is 51.2 Å². The van der Waals surface area contributed by atoms with Crippen LogP contribution >= 0.6 is 0 Å². The summed E-state index contributed by atoms with van der Waals surface area (Å²) in [6.07, 6.45) is 2.75. The lowest BCUT2D eigenvalue weighted by Crippen LogP contribution is -2.31. The summed E-state index contributed by atoms with van der Waals surface area (Å²) in [6, 6.07) is 4.62. The van der Waals surface area contributed by atoms with Crippen molar-refractivity contribution >= 4 is 0 Å². The number of aliphatic hydroxyl groups is 1. The van der Waals surface area contributed by atoms with Gasteiger partial charge in [0.1, 0.15) is 11.5 Å². The molecule has 0 spiro atoms. The van der Waals surface area contributed by atoms with E-state index in [2.05, 4.69) is 26.1 Å². The maximum absolute atomic E-state index is 8.93. The highest BCUT2D eigenvalue weighted by Crippen LogP contribution is 2.18. The van der Waals surface area contributed by atoms with Crippen molar-refractivity contribution < 1.29 is 9.52 Å². The van der Waals surface area contributed by atoms with E-state index in [1.54, 1.807) is 0 Å². The highest BCUT2D eigenvalue weighted by atomic mass is 16.3. The third-order valence-corrected chi connectivity index (χ3v) is 2.91. The molecule has 16 heavy (non-hydrogen) atoms. The van der Waals surface area contributed by atoms with Gasteiger partial charge in [-0.1, -0.05) is 13.8 Å². The van der Waals surface area contributed by atoms with Crippen molar-refractivity contribution in [2.24, 2.45) is 0 Å². The van der Waals surface area contributed by atoms with E-state index >= 15 is 0 Å². The lowest BCUT2D eigenvalue weighted by molar-refractivity contribution is 0.252. The molecule has 0 fully saturated rings. The Kier molecular flexibility index (Phi) is 5.56. The standard InChI is InChI=1S/C13H23NO2/c1-4-11(8-9-15)14-10(3)13-7-6-12(5-2)16-13/h6-7,10-11,14-15H,4-5,8-9H2,1-3H3. The van der Waals surface area contributed by atoms with E-state index in [0.29, 0.717) is 6.04 Å². The van der Waals surface area contributed by atoms with Gasteiger partial charge in [-0.3, -0.25) is 0 Å². The molecule has 1 aromatic rings. The smallest absolute Gasteiger partial charge is 0.120 e. The molecule has 0 radical (unpaired) electrons. The summed E-state index contributed by atoms with van der Waals surface area (Å²) in [5.41, 5.74) is 0. The Morgan fingerprint density at radius 2 is 2.12 bits per heavy atom. The van der Waals surface area contributed by atoms with Crippen LogP contribution in [0.15, 0.2) is 16.5 Å². The van der Waals surface area contributed by atoms with Gasteiger partial charge in [0.25, 0.3) is 0 Å². The predicted octanol–water partition coefficient (Wildman–Crippen LogP) is 2.65. The zero-order chi connectivity index (χ0) is 12.0. The second kappa shape index (κ2) is 6.71. The van der Waals surface area contributed by atoms with E-state index in [0.717, 1.165) is 30.8 Å². The van der Waals surface area contributed by atoms with Crippen LogP contribution in [0, 0.1) is 0 Å². The number of rotatable bonds is 7. The average Bonchev–Trinajstić information content (AvgIpc) is 2.76. The molecule has 0 amide bonds. The highest BCUT2D eigenvalue weighted by molar-refractivity contribution is 5.10. The van der Waals surface area contributed by atoms with E-state index in [9.17, 15) is 0 Å². The molecular weight excluding hydrogens is 202 g/mol. The van der Waals surface area contributed by atoms with Gasteiger partial charge in [0.15, 0.2) is 0 Å². The van der Waals surface area contributed by atoms with Crippen molar-refractivity contribution in [3.8, 4) is 0 Å². The van der Waals surface area contributed by atoms with Crippen molar-refractivity contribution in [1.82, 2.24) is 5.32 Å². The van der Waals surface area contributed by atoms with Crippen LogP contribution in [0.4, 0.5) is 0 Å². The summed E-state index contributed by atoms with van der Waals surface area (Å²) < 4.78 is 5.69. The zero-order valence-electron chi connectivity index (χ0n) is 10.5. The van der Waals surface area contributed by atoms with Gasteiger partial charge in [0.2, 0.25) is 0 Å². The Bertz CT molecular complexity index is 296. The minimum Gasteiger partial charge on any atom is -0.464 e. The van der Waals surface area contributed by atoms with Gasteiger partial charge < -0.3 is 14.8 Å². The Hall–Kier alpha value is -0.800. The first-order valence-electron chi connectivity index (χ1n) is 6.16. The van der Waals surface area contributed by atoms with Gasteiger partial charge >= 0.3 is 0 Å². The molecule has 0 aromatic carbocycles. The van der Waals surface area contributed by atoms with Crippen molar-refractivity contribution in [3.63, 3.8) is 0 Å². The summed E-state index contributed by atoms with van der Waals surface area (Å²) in [5, 5.41) is 12.4. The van der Waals surface area contributed by atoms with E-state index in [1.807, 2.05) is 12.1 Å². The largest absolute Gasteiger partial charge is 0.464 e. The minimum atomic E-state index is 0.205. The lowest BCUT2D eigenvalue weighted by atomic mass is 10.1. The Morgan fingerprint density at radius 3 is 2.62 bits per heavy atom. The van der Waals surface area contributed by atoms with Gasteiger partial charge in [0.05, 0.1) is 6.04 Å². The van der Waals surface area contributed by atoms with Crippen LogP contribution in [0.2, 0.25) is 0 Å². The number of hydrogen-bond donors (Lipinski definition) is 2. The fourth-order valence-electron chi connectivity index (χ4n) is 1.81. The van der Waals surface area contributed by atoms with Gasteiger partial charge in [-0.25, -0.2) is 0 Å².